The van der Waals surface area contributed by atoms with Gasteiger partial charge in [-0.15, -0.1) is 0 Å². The Balaban J connectivity index is -0.000000410. The standard InChI is InChI=1S/C14H20.C4H8.C2H6/c1-7-8-9-14(10-11(2)3)13(6)12(4)5;1-3-4-2;1-2/h7-8,10H,2,4,6,9H2,1,3,5H3;3-4H,1-2H3;1-2H3/b8-7-,14-10+;4-3-;. The second-order valence-corrected chi connectivity index (χ2v) is 4.21. The summed E-state index contributed by atoms with van der Waals surface area (Å²) < 4.78 is 0. The van der Waals surface area contributed by atoms with Gasteiger partial charge in [0.1, 0.15) is 0 Å². The first-order valence-electron chi connectivity index (χ1n) is 7.30. The average Bonchev–Trinajstić information content (AvgIpc) is 2.44. The highest BCUT2D eigenvalue weighted by molar-refractivity contribution is 5.45. The first kappa shape index (κ1) is 23.5. The van der Waals surface area contributed by atoms with Crippen molar-refractivity contribution in [2.45, 2.75) is 54.9 Å². The normalized spacial score (nSPS) is 10.4. The monoisotopic (exact) mass is 274 g/mol. The summed E-state index contributed by atoms with van der Waals surface area (Å²) in [7, 11) is 0. The predicted molar refractivity (Wildman–Crippen MR) is 98.1 cm³/mol. The predicted octanol–water partition coefficient (Wildman–Crippen LogP) is 7.20. The second-order valence-electron chi connectivity index (χ2n) is 4.21. The first-order valence-corrected chi connectivity index (χ1v) is 7.30. The van der Waals surface area contributed by atoms with Crippen LogP contribution in [0.1, 0.15) is 54.9 Å². The van der Waals surface area contributed by atoms with Crippen LogP contribution in [-0.4, -0.2) is 0 Å². The molecule has 0 N–H and O–H groups in total. The van der Waals surface area contributed by atoms with Gasteiger partial charge in [0.2, 0.25) is 0 Å². The Hall–Kier alpha value is -1.56. The number of rotatable bonds is 5. The van der Waals surface area contributed by atoms with E-state index in [9.17, 15) is 0 Å². The molecule has 0 aromatic carbocycles. The van der Waals surface area contributed by atoms with Gasteiger partial charge in [-0.3, -0.25) is 0 Å². The first-order chi connectivity index (χ1) is 9.40. The number of hydrogen-bond acceptors (Lipinski definition) is 0. The lowest BCUT2D eigenvalue weighted by Crippen LogP contribution is -1.89. The Morgan fingerprint density at radius 3 is 1.55 bits per heavy atom. The fraction of sp³-hybridized carbons (Fsp3) is 0.400. The molecule has 0 heterocycles. The maximum Gasteiger partial charge on any atom is -0.00916 e. The Labute approximate surface area is 128 Å². The van der Waals surface area contributed by atoms with E-state index in [0.29, 0.717) is 0 Å². The molecule has 0 bridgehead atoms. The van der Waals surface area contributed by atoms with Gasteiger partial charge in [0.05, 0.1) is 0 Å². The van der Waals surface area contributed by atoms with E-state index in [1.807, 2.05) is 66.7 Å². The van der Waals surface area contributed by atoms with Crippen LogP contribution in [-0.2, 0) is 0 Å². The Kier molecular flexibility index (Phi) is 20.5. The lowest BCUT2D eigenvalue weighted by atomic mass is 9.97. The van der Waals surface area contributed by atoms with Gasteiger partial charge in [0.15, 0.2) is 0 Å². The summed E-state index contributed by atoms with van der Waals surface area (Å²) in [5.41, 5.74) is 4.28. The highest BCUT2D eigenvalue weighted by atomic mass is 14.1. The van der Waals surface area contributed by atoms with Crippen molar-refractivity contribution >= 4 is 0 Å². The lowest BCUT2D eigenvalue weighted by Gasteiger charge is -2.08. The maximum absolute atomic E-state index is 4.02. The fourth-order valence-corrected chi connectivity index (χ4v) is 1.09. The van der Waals surface area contributed by atoms with E-state index < -0.39 is 0 Å². The molecule has 0 rings (SSSR count). The van der Waals surface area contributed by atoms with Crippen molar-refractivity contribution in [3.05, 3.63) is 72.4 Å². The molecule has 0 unspecified atom stereocenters. The van der Waals surface area contributed by atoms with Crippen LogP contribution in [0.2, 0.25) is 0 Å². The summed E-state index contributed by atoms with van der Waals surface area (Å²) in [6.07, 6.45) is 11.1. The highest BCUT2D eigenvalue weighted by Crippen LogP contribution is 2.20. The Morgan fingerprint density at radius 2 is 1.30 bits per heavy atom. The molecule has 0 heteroatoms. The van der Waals surface area contributed by atoms with Crippen molar-refractivity contribution in [2.75, 3.05) is 0 Å². The molecule has 114 valence electrons. The molecular weight excluding hydrogens is 240 g/mol. The maximum atomic E-state index is 4.02. The molecule has 0 saturated heterocycles. The molecule has 0 radical (unpaired) electrons. The zero-order chi connectivity index (χ0) is 16.6. The van der Waals surface area contributed by atoms with Crippen molar-refractivity contribution < 1.29 is 0 Å². The van der Waals surface area contributed by atoms with Gasteiger partial charge >= 0.3 is 0 Å². The SMILES string of the molecule is C/C=C\C.C=C(C)/C=C(\C/C=C\C)C(=C)C(=C)C.CC. The molecule has 0 aliphatic rings. The molecule has 0 fully saturated rings. The van der Waals surface area contributed by atoms with Gasteiger partial charge in [-0.2, -0.15) is 0 Å². The minimum atomic E-state index is 0.898. The van der Waals surface area contributed by atoms with Crippen molar-refractivity contribution in [2.24, 2.45) is 0 Å². The van der Waals surface area contributed by atoms with Crippen molar-refractivity contribution in [3.8, 4) is 0 Å². The van der Waals surface area contributed by atoms with Crippen LogP contribution in [0.5, 0.6) is 0 Å². The van der Waals surface area contributed by atoms with E-state index in [0.717, 1.165) is 23.1 Å². The molecule has 0 aromatic heterocycles. The molecule has 0 aromatic rings. The van der Waals surface area contributed by atoms with Crippen molar-refractivity contribution in [3.63, 3.8) is 0 Å². The molecule has 20 heavy (non-hydrogen) atoms. The summed E-state index contributed by atoms with van der Waals surface area (Å²) in [5, 5.41) is 0. The van der Waals surface area contributed by atoms with Crippen LogP contribution in [0.15, 0.2) is 72.4 Å². The number of allylic oxidation sites excluding steroid dienone is 9. The van der Waals surface area contributed by atoms with E-state index in [4.69, 9.17) is 0 Å². The second kappa shape index (κ2) is 17.4. The minimum Gasteiger partial charge on any atom is -0.0961 e. The fourth-order valence-electron chi connectivity index (χ4n) is 1.09. The third kappa shape index (κ3) is 16.4. The summed E-state index contributed by atoms with van der Waals surface area (Å²) in [4.78, 5) is 0. The summed E-state index contributed by atoms with van der Waals surface area (Å²) in [6.45, 7) is 25.8. The van der Waals surface area contributed by atoms with Crippen LogP contribution in [0.25, 0.3) is 0 Å². The van der Waals surface area contributed by atoms with Gasteiger partial charge in [0, 0.05) is 0 Å². The average molecular weight is 274 g/mol. The van der Waals surface area contributed by atoms with E-state index in [1.54, 1.807) is 0 Å². The van der Waals surface area contributed by atoms with E-state index in [1.165, 1.54) is 5.57 Å². The van der Waals surface area contributed by atoms with E-state index >= 15 is 0 Å². The summed E-state index contributed by atoms with van der Waals surface area (Å²) >= 11 is 0. The van der Waals surface area contributed by atoms with E-state index in [2.05, 4.69) is 31.9 Å². The van der Waals surface area contributed by atoms with E-state index in [-0.39, 0.29) is 0 Å². The summed E-state index contributed by atoms with van der Waals surface area (Å²) in [6, 6.07) is 0. The van der Waals surface area contributed by atoms with Gasteiger partial charge in [-0.05, 0) is 52.2 Å². The zero-order valence-corrected chi connectivity index (χ0v) is 14.7. The molecule has 0 saturated carbocycles. The third-order valence-corrected chi connectivity index (χ3v) is 2.23. The molecule has 0 atom stereocenters. The van der Waals surface area contributed by atoms with Crippen LogP contribution in [0, 0.1) is 0 Å². The quantitative estimate of drug-likeness (QED) is 0.367. The molecule has 0 amide bonds. The minimum absolute atomic E-state index is 0.898. The van der Waals surface area contributed by atoms with Crippen LogP contribution in [0.4, 0.5) is 0 Å². The zero-order valence-electron chi connectivity index (χ0n) is 14.7. The third-order valence-electron chi connectivity index (χ3n) is 2.23. The molecule has 0 aliphatic heterocycles. The van der Waals surface area contributed by atoms with Crippen LogP contribution < -0.4 is 0 Å². The smallest absolute Gasteiger partial charge is 0.00916 e. The molecule has 0 aliphatic carbocycles. The van der Waals surface area contributed by atoms with Crippen molar-refractivity contribution in [1.82, 2.24) is 0 Å². The van der Waals surface area contributed by atoms with Gasteiger partial charge < -0.3 is 0 Å². The van der Waals surface area contributed by atoms with Crippen molar-refractivity contribution in [1.29, 1.82) is 0 Å². The largest absolute Gasteiger partial charge is 0.0961 e. The Bertz CT molecular complexity index is 355. The molecule has 0 spiro atoms. The number of hydrogen-bond donors (Lipinski definition) is 0. The molecular formula is C20H34. The van der Waals surface area contributed by atoms with Crippen LogP contribution >= 0.6 is 0 Å². The van der Waals surface area contributed by atoms with Gasteiger partial charge in [0.25, 0.3) is 0 Å². The summed E-state index contributed by atoms with van der Waals surface area (Å²) in [5.74, 6) is 0. The highest BCUT2D eigenvalue weighted by Gasteiger charge is 2.01. The lowest BCUT2D eigenvalue weighted by molar-refractivity contribution is 1.20. The Morgan fingerprint density at radius 1 is 0.850 bits per heavy atom. The topological polar surface area (TPSA) is 0 Å². The molecule has 0 nitrogen and oxygen atoms in total. The van der Waals surface area contributed by atoms with Crippen LogP contribution in [0.3, 0.4) is 0 Å². The van der Waals surface area contributed by atoms with Gasteiger partial charge in [-0.1, -0.05) is 75.1 Å². The van der Waals surface area contributed by atoms with Gasteiger partial charge in [-0.25, -0.2) is 0 Å².